The fourth-order valence-electron chi connectivity index (χ4n) is 3.34. The Balaban J connectivity index is 0.00000161. The topological polar surface area (TPSA) is 33.7 Å². The van der Waals surface area contributed by atoms with Crippen LogP contribution in [-0.2, 0) is 6.54 Å². The van der Waals surface area contributed by atoms with Gasteiger partial charge in [-0.05, 0) is 42.6 Å². The third kappa shape index (κ3) is 3.47. The first-order chi connectivity index (χ1) is 9.71. The number of benzene rings is 1. The largest absolute Gasteiger partial charge is 0.493 e. The molecule has 2 aliphatic heterocycles. The van der Waals surface area contributed by atoms with Gasteiger partial charge in [-0.1, -0.05) is 15.9 Å². The summed E-state index contributed by atoms with van der Waals surface area (Å²) in [6, 6.07) is 4.07. The highest BCUT2D eigenvalue weighted by Gasteiger charge is 2.36. The number of hydrogen-bond acceptors (Lipinski definition) is 4. The van der Waals surface area contributed by atoms with Crippen LogP contribution in [0.5, 0.6) is 11.5 Å². The van der Waals surface area contributed by atoms with Crippen LogP contribution in [0.4, 0.5) is 0 Å². The van der Waals surface area contributed by atoms with Gasteiger partial charge < -0.3 is 14.8 Å². The van der Waals surface area contributed by atoms with Gasteiger partial charge in [0.15, 0.2) is 11.5 Å². The molecule has 2 saturated heterocycles. The Kier molecular flexibility index (Phi) is 5.77. The summed E-state index contributed by atoms with van der Waals surface area (Å²) in [7, 11) is 3.35. The maximum atomic E-state index is 5.40. The molecule has 4 nitrogen and oxygen atoms in total. The van der Waals surface area contributed by atoms with E-state index < -0.39 is 0 Å². The quantitative estimate of drug-likeness (QED) is 0.874. The van der Waals surface area contributed by atoms with Gasteiger partial charge in [0.05, 0.1) is 14.2 Å². The van der Waals surface area contributed by atoms with Crippen molar-refractivity contribution in [1.29, 1.82) is 0 Å². The molecule has 21 heavy (non-hydrogen) atoms. The van der Waals surface area contributed by atoms with E-state index in [1.807, 2.05) is 6.07 Å². The Hall–Kier alpha value is -0.490. The van der Waals surface area contributed by atoms with Crippen molar-refractivity contribution in [3.63, 3.8) is 0 Å². The molecule has 2 aliphatic rings. The van der Waals surface area contributed by atoms with Crippen molar-refractivity contribution in [2.75, 3.05) is 40.4 Å². The molecule has 1 aromatic rings. The lowest BCUT2D eigenvalue weighted by molar-refractivity contribution is 0.303. The molecule has 2 fully saturated rings. The minimum Gasteiger partial charge on any atom is -0.493 e. The second-order valence-electron chi connectivity index (χ2n) is 5.67. The first-order valence-electron chi connectivity index (χ1n) is 7.04. The average Bonchev–Trinajstić information content (AvgIpc) is 3.01. The van der Waals surface area contributed by atoms with Gasteiger partial charge in [0.25, 0.3) is 0 Å². The summed E-state index contributed by atoms with van der Waals surface area (Å²) >= 11 is 3.65. The Morgan fingerprint density at radius 2 is 1.71 bits per heavy atom. The lowest BCUT2D eigenvalue weighted by Crippen LogP contribution is -2.25. The molecule has 0 saturated carbocycles. The summed E-state index contributed by atoms with van der Waals surface area (Å²) in [4.78, 5) is 2.54. The van der Waals surface area contributed by atoms with Crippen molar-refractivity contribution in [3.05, 3.63) is 22.2 Å². The third-order valence-corrected chi connectivity index (χ3v) is 5.15. The zero-order valence-corrected chi connectivity index (χ0v) is 14.8. The van der Waals surface area contributed by atoms with E-state index in [0.29, 0.717) is 0 Å². The Morgan fingerprint density at radius 1 is 1.14 bits per heavy atom. The number of ether oxygens (including phenoxy) is 2. The van der Waals surface area contributed by atoms with E-state index in [4.69, 9.17) is 9.47 Å². The maximum Gasteiger partial charge on any atom is 0.161 e. The molecule has 0 aromatic heterocycles. The van der Waals surface area contributed by atoms with Crippen LogP contribution in [0, 0.1) is 11.8 Å². The van der Waals surface area contributed by atoms with Crippen molar-refractivity contribution >= 4 is 28.3 Å². The van der Waals surface area contributed by atoms with Gasteiger partial charge in [-0.15, -0.1) is 12.4 Å². The normalized spacial score (nSPS) is 24.5. The number of rotatable bonds is 4. The Morgan fingerprint density at radius 3 is 2.29 bits per heavy atom. The van der Waals surface area contributed by atoms with Crippen LogP contribution in [-0.4, -0.2) is 45.3 Å². The van der Waals surface area contributed by atoms with Crippen molar-refractivity contribution in [2.24, 2.45) is 11.8 Å². The van der Waals surface area contributed by atoms with Gasteiger partial charge in [-0.25, -0.2) is 0 Å². The molecule has 6 heteroatoms. The highest BCUT2D eigenvalue weighted by atomic mass is 79.9. The SMILES string of the molecule is COc1cc(Br)c(CN2C[C@H]3CNC[C@H]3C2)cc1OC.Cl. The zero-order valence-electron chi connectivity index (χ0n) is 12.4. The Labute approximate surface area is 140 Å². The number of likely N-dealkylation sites (tertiary alicyclic amines) is 1. The van der Waals surface area contributed by atoms with E-state index in [9.17, 15) is 0 Å². The summed E-state index contributed by atoms with van der Waals surface area (Å²) in [6.07, 6.45) is 0. The standard InChI is InChI=1S/C15H21BrN2O2.ClH/c1-19-14-3-10(13(16)4-15(14)20-2)7-18-8-11-5-17-6-12(11)9-18;/h3-4,11-12,17H,5-9H2,1-2H3;1H/t11-,12+;. The minimum absolute atomic E-state index is 0. The number of hydrogen-bond donors (Lipinski definition) is 1. The lowest BCUT2D eigenvalue weighted by Gasteiger charge is -2.19. The molecule has 2 atom stereocenters. The average molecular weight is 378 g/mol. The second kappa shape index (κ2) is 7.18. The van der Waals surface area contributed by atoms with E-state index in [2.05, 4.69) is 32.2 Å². The van der Waals surface area contributed by atoms with Gasteiger partial charge >= 0.3 is 0 Å². The number of nitrogens with zero attached hydrogens (tertiary/aromatic N) is 1. The van der Waals surface area contributed by atoms with Crippen LogP contribution >= 0.6 is 28.3 Å². The smallest absolute Gasteiger partial charge is 0.161 e. The molecule has 3 rings (SSSR count). The number of halogens is 2. The van der Waals surface area contributed by atoms with Gasteiger partial charge in [0, 0.05) is 24.1 Å². The minimum atomic E-state index is 0. The highest BCUT2D eigenvalue weighted by Crippen LogP contribution is 2.35. The van der Waals surface area contributed by atoms with Crippen LogP contribution in [0.1, 0.15) is 5.56 Å². The summed E-state index contributed by atoms with van der Waals surface area (Å²) in [5.74, 6) is 3.22. The van der Waals surface area contributed by atoms with E-state index in [1.54, 1.807) is 14.2 Å². The van der Waals surface area contributed by atoms with Crippen LogP contribution in [0.2, 0.25) is 0 Å². The van der Waals surface area contributed by atoms with Crippen molar-refractivity contribution in [2.45, 2.75) is 6.54 Å². The molecule has 118 valence electrons. The van der Waals surface area contributed by atoms with Gasteiger partial charge in [0.2, 0.25) is 0 Å². The van der Waals surface area contributed by atoms with Crippen molar-refractivity contribution in [3.8, 4) is 11.5 Å². The maximum absolute atomic E-state index is 5.40. The van der Waals surface area contributed by atoms with Crippen LogP contribution in [0.25, 0.3) is 0 Å². The molecule has 0 spiro atoms. The highest BCUT2D eigenvalue weighted by molar-refractivity contribution is 9.10. The van der Waals surface area contributed by atoms with Crippen molar-refractivity contribution < 1.29 is 9.47 Å². The van der Waals surface area contributed by atoms with E-state index in [0.717, 1.165) is 34.4 Å². The van der Waals surface area contributed by atoms with Crippen LogP contribution in [0.15, 0.2) is 16.6 Å². The molecule has 1 N–H and O–H groups in total. The molecular weight excluding hydrogens is 356 g/mol. The van der Waals surface area contributed by atoms with Crippen molar-refractivity contribution in [1.82, 2.24) is 10.2 Å². The molecule has 2 heterocycles. The zero-order chi connectivity index (χ0) is 14.1. The molecule has 0 amide bonds. The van der Waals surface area contributed by atoms with Crippen LogP contribution < -0.4 is 14.8 Å². The Bertz CT molecular complexity index is 489. The molecule has 0 unspecified atom stereocenters. The summed E-state index contributed by atoms with van der Waals surface area (Å²) in [5.41, 5.74) is 1.26. The predicted octanol–water partition coefficient (Wildman–Crippen LogP) is 2.54. The summed E-state index contributed by atoms with van der Waals surface area (Å²) in [6.45, 7) is 5.70. The van der Waals surface area contributed by atoms with E-state index in [1.165, 1.54) is 31.7 Å². The first-order valence-corrected chi connectivity index (χ1v) is 7.84. The molecular formula is C15H22BrClN2O2. The van der Waals surface area contributed by atoms with Gasteiger partial charge in [-0.3, -0.25) is 4.90 Å². The molecule has 0 radical (unpaired) electrons. The van der Waals surface area contributed by atoms with Gasteiger partial charge in [0.1, 0.15) is 0 Å². The second-order valence-corrected chi connectivity index (χ2v) is 6.53. The van der Waals surface area contributed by atoms with Gasteiger partial charge in [-0.2, -0.15) is 0 Å². The monoisotopic (exact) mass is 376 g/mol. The van der Waals surface area contributed by atoms with Crippen LogP contribution in [0.3, 0.4) is 0 Å². The summed E-state index contributed by atoms with van der Waals surface area (Å²) < 4.78 is 11.8. The fourth-order valence-corrected chi connectivity index (χ4v) is 3.79. The number of nitrogens with one attached hydrogen (secondary N) is 1. The predicted molar refractivity (Wildman–Crippen MR) is 89.6 cm³/mol. The molecule has 1 aromatic carbocycles. The third-order valence-electron chi connectivity index (χ3n) is 4.41. The first kappa shape index (κ1) is 16.9. The molecule has 0 bridgehead atoms. The number of fused-ring (bicyclic) bond motifs is 1. The number of methoxy groups -OCH3 is 2. The fraction of sp³-hybridized carbons (Fsp3) is 0.600. The lowest BCUT2D eigenvalue weighted by atomic mass is 10.0. The molecule has 0 aliphatic carbocycles. The summed E-state index contributed by atoms with van der Waals surface area (Å²) in [5, 5.41) is 3.48. The van der Waals surface area contributed by atoms with E-state index in [-0.39, 0.29) is 12.4 Å². The van der Waals surface area contributed by atoms with E-state index >= 15 is 0 Å².